The Balaban J connectivity index is 2.18. The van der Waals surface area contributed by atoms with Crippen LogP contribution in [0.25, 0.3) is 22.0 Å². The molecule has 0 aliphatic carbocycles. The molecule has 0 aliphatic heterocycles. The predicted octanol–water partition coefficient (Wildman–Crippen LogP) is 3.91. The van der Waals surface area contributed by atoms with Crippen LogP contribution in [-0.2, 0) is 7.05 Å². The van der Waals surface area contributed by atoms with E-state index >= 15 is 0 Å². The van der Waals surface area contributed by atoms with Crippen molar-refractivity contribution < 1.29 is 27.0 Å². The quantitative estimate of drug-likeness (QED) is 0.709. The first-order valence-corrected chi connectivity index (χ1v) is 7.50. The summed E-state index contributed by atoms with van der Waals surface area (Å²) in [4.78, 5) is 0. The molecule has 0 saturated heterocycles. The number of halogens is 4. The maximum atomic E-state index is 14.1. The Bertz CT molecular complexity index is 967. The third-order valence-corrected chi connectivity index (χ3v) is 3.82. The molecule has 2 N–H and O–H groups in total. The smallest absolute Gasteiger partial charge is 0.422 e. The van der Waals surface area contributed by atoms with Gasteiger partial charge in [-0.15, -0.1) is 0 Å². The number of ether oxygens (including phenoxy) is 2. The zero-order valence-electron chi connectivity index (χ0n) is 13.9. The van der Waals surface area contributed by atoms with Gasteiger partial charge in [0.15, 0.2) is 24.0 Å². The van der Waals surface area contributed by atoms with Crippen molar-refractivity contribution in [3.05, 3.63) is 36.1 Å². The highest BCUT2D eigenvalue weighted by molar-refractivity contribution is 5.98. The molecule has 0 atom stereocenters. The number of fused-ring (bicyclic) bond motifs is 1. The lowest BCUT2D eigenvalue weighted by Gasteiger charge is -2.15. The molecular weight excluding hydrogens is 354 g/mol. The number of aromatic nitrogens is 2. The summed E-state index contributed by atoms with van der Waals surface area (Å²) in [6, 6.07) is 7.08. The second kappa shape index (κ2) is 6.40. The molecule has 1 aromatic heterocycles. The molecule has 1 heterocycles. The number of aryl methyl sites for hydroxylation is 1. The van der Waals surface area contributed by atoms with Gasteiger partial charge >= 0.3 is 6.18 Å². The second-order valence-electron chi connectivity index (χ2n) is 5.60. The average molecular weight is 369 g/mol. The van der Waals surface area contributed by atoms with Crippen LogP contribution in [0.2, 0.25) is 0 Å². The topological polar surface area (TPSA) is 62.3 Å². The number of nitrogens with zero attached hydrogens (tertiary/aromatic N) is 2. The van der Waals surface area contributed by atoms with E-state index in [0.29, 0.717) is 22.2 Å². The van der Waals surface area contributed by atoms with E-state index in [4.69, 9.17) is 15.2 Å². The van der Waals surface area contributed by atoms with Gasteiger partial charge in [-0.05, 0) is 23.8 Å². The van der Waals surface area contributed by atoms with Crippen LogP contribution in [0.15, 0.2) is 30.3 Å². The zero-order valence-corrected chi connectivity index (χ0v) is 13.9. The fraction of sp³-hybridized carbons (Fsp3) is 0.235. The predicted molar refractivity (Wildman–Crippen MR) is 88.6 cm³/mol. The third-order valence-electron chi connectivity index (χ3n) is 3.82. The minimum absolute atomic E-state index is 0.161. The van der Waals surface area contributed by atoms with Crippen molar-refractivity contribution in [1.29, 1.82) is 0 Å². The van der Waals surface area contributed by atoms with Gasteiger partial charge in [0.25, 0.3) is 0 Å². The Morgan fingerprint density at radius 1 is 1.23 bits per heavy atom. The van der Waals surface area contributed by atoms with Crippen LogP contribution in [0.3, 0.4) is 0 Å². The highest BCUT2D eigenvalue weighted by Crippen LogP contribution is 2.39. The molecule has 0 radical (unpaired) electrons. The van der Waals surface area contributed by atoms with Crippen molar-refractivity contribution >= 4 is 16.7 Å². The summed E-state index contributed by atoms with van der Waals surface area (Å²) in [5, 5.41) is 4.67. The lowest BCUT2D eigenvalue weighted by molar-refractivity contribution is -0.153. The third kappa shape index (κ3) is 3.24. The molecule has 3 aromatic rings. The Morgan fingerprint density at radius 2 is 1.96 bits per heavy atom. The van der Waals surface area contributed by atoms with Crippen LogP contribution >= 0.6 is 0 Å². The molecule has 0 spiro atoms. The lowest BCUT2D eigenvalue weighted by Crippen LogP contribution is -2.20. The monoisotopic (exact) mass is 369 g/mol. The van der Waals surface area contributed by atoms with Gasteiger partial charge in [-0.2, -0.15) is 18.3 Å². The van der Waals surface area contributed by atoms with Gasteiger partial charge < -0.3 is 15.2 Å². The minimum atomic E-state index is -4.59. The van der Waals surface area contributed by atoms with E-state index in [0.717, 1.165) is 6.07 Å². The van der Waals surface area contributed by atoms with E-state index in [2.05, 4.69) is 5.10 Å². The molecule has 3 rings (SSSR count). The van der Waals surface area contributed by atoms with Gasteiger partial charge in [0.1, 0.15) is 5.75 Å². The van der Waals surface area contributed by atoms with Gasteiger partial charge in [-0.25, -0.2) is 4.39 Å². The van der Waals surface area contributed by atoms with Crippen molar-refractivity contribution in [2.75, 3.05) is 19.5 Å². The number of alkyl halides is 3. The summed E-state index contributed by atoms with van der Waals surface area (Å²) < 4.78 is 63.2. The van der Waals surface area contributed by atoms with Gasteiger partial charge in [0.05, 0.1) is 18.0 Å². The number of hydrogen-bond donors (Lipinski definition) is 1. The zero-order chi connectivity index (χ0) is 19.1. The van der Waals surface area contributed by atoms with Crippen LogP contribution < -0.4 is 15.2 Å². The van der Waals surface area contributed by atoms with Crippen molar-refractivity contribution in [3.8, 4) is 22.6 Å². The van der Waals surface area contributed by atoms with Crippen molar-refractivity contribution in [2.45, 2.75) is 6.18 Å². The number of hydrogen-bond acceptors (Lipinski definition) is 4. The van der Waals surface area contributed by atoms with Gasteiger partial charge in [-0.1, -0.05) is 12.1 Å². The number of methoxy groups -OCH3 is 1. The van der Waals surface area contributed by atoms with Crippen LogP contribution in [-0.4, -0.2) is 29.7 Å². The first-order chi connectivity index (χ1) is 12.2. The molecule has 0 fully saturated rings. The molecule has 0 amide bonds. The Hall–Kier alpha value is -2.97. The summed E-state index contributed by atoms with van der Waals surface area (Å²) in [5.74, 6) is -0.760. The fourth-order valence-electron chi connectivity index (χ4n) is 2.73. The molecule has 0 unspecified atom stereocenters. The molecule has 26 heavy (non-hydrogen) atoms. The summed E-state index contributed by atoms with van der Waals surface area (Å²) >= 11 is 0. The lowest BCUT2D eigenvalue weighted by atomic mass is 10.0. The first kappa shape index (κ1) is 17.8. The maximum absolute atomic E-state index is 14.1. The normalized spacial score (nSPS) is 11.8. The molecule has 0 bridgehead atoms. The largest absolute Gasteiger partial charge is 0.496 e. The van der Waals surface area contributed by atoms with Crippen LogP contribution in [0.5, 0.6) is 11.5 Å². The average Bonchev–Trinajstić information content (AvgIpc) is 2.86. The SMILES string of the molecule is COc1cc(-c2cccc(F)c2OCC(F)(F)F)cc2c1c(N)nn2C. The number of rotatable bonds is 4. The van der Waals surface area contributed by atoms with Gasteiger partial charge in [-0.3, -0.25) is 4.68 Å². The van der Waals surface area contributed by atoms with Crippen LogP contribution in [0.1, 0.15) is 0 Å². The standard InChI is InChI=1S/C17H15F4N3O2/c1-24-12-6-9(7-13(25-2)14(12)16(22)23-24)10-4-3-5-11(18)15(10)26-8-17(19,20)21/h3-7H,8H2,1-2H3,(H2,22,23). The number of nitrogens with two attached hydrogens (primary N) is 1. The minimum Gasteiger partial charge on any atom is -0.496 e. The van der Waals surface area contributed by atoms with Crippen LogP contribution in [0.4, 0.5) is 23.4 Å². The number of anilines is 1. The maximum Gasteiger partial charge on any atom is 0.422 e. The Morgan fingerprint density at radius 3 is 2.62 bits per heavy atom. The Labute approximate surface area is 145 Å². The van der Waals surface area contributed by atoms with Crippen molar-refractivity contribution in [1.82, 2.24) is 9.78 Å². The van der Waals surface area contributed by atoms with Crippen LogP contribution in [0, 0.1) is 5.82 Å². The van der Waals surface area contributed by atoms with E-state index < -0.39 is 24.3 Å². The fourth-order valence-corrected chi connectivity index (χ4v) is 2.73. The summed E-state index contributed by atoms with van der Waals surface area (Å²) in [6.45, 7) is -1.60. The Kier molecular flexibility index (Phi) is 4.39. The van der Waals surface area contributed by atoms with E-state index in [-0.39, 0.29) is 11.4 Å². The van der Waals surface area contributed by atoms with Gasteiger partial charge in [0, 0.05) is 12.6 Å². The molecule has 0 saturated carbocycles. The highest BCUT2D eigenvalue weighted by Gasteiger charge is 2.30. The summed E-state index contributed by atoms with van der Waals surface area (Å²) in [6.07, 6.45) is -4.59. The van der Waals surface area contributed by atoms with Crippen molar-refractivity contribution in [2.24, 2.45) is 7.05 Å². The molecule has 0 aliphatic rings. The van der Waals surface area contributed by atoms with E-state index in [1.165, 1.54) is 23.9 Å². The molecule has 9 heteroatoms. The highest BCUT2D eigenvalue weighted by atomic mass is 19.4. The molecule has 2 aromatic carbocycles. The second-order valence-corrected chi connectivity index (χ2v) is 5.60. The van der Waals surface area contributed by atoms with E-state index in [1.54, 1.807) is 19.2 Å². The molecule has 5 nitrogen and oxygen atoms in total. The van der Waals surface area contributed by atoms with E-state index in [9.17, 15) is 17.6 Å². The summed E-state index contributed by atoms with van der Waals surface area (Å²) in [7, 11) is 3.09. The van der Waals surface area contributed by atoms with Gasteiger partial charge in [0.2, 0.25) is 0 Å². The van der Waals surface area contributed by atoms with Crippen molar-refractivity contribution in [3.63, 3.8) is 0 Å². The number of para-hydroxylation sites is 1. The number of nitrogen functional groups attached to an aromatic ring is 1. The van der Waals surface area contributed by atoms with E-state index in [1.807, 2.05) is 0 Å². The molecular formula is C17H15F4N3O2. The number of benzene rings is 2. The first-order valence-electron chi connectivity index (χ1n) is 7.50. The molecule has 138 valence electrons. The summed E-state index contributed by atoms with van der Waals surface area (Å²) in [5.41, 5.74) is 7.03.